The van der Waals surface area contributed by atoms with E-state index >= 15 is 0 Å². The van der Waals surface area contributed by atoms with E-state index in [4.69, 9.17) is 11.6 Å². The Labute approximate surface area is 94.9 Å². The molecule has 0 fully saturated rings. The zero-order valence-electron chi connectivity index (χ0n) is 9.29. The van der Waals surface area contributed by atoms with Crippen molar-refractivity contribution in [3.8, 4) is 0 Å². The first-order chi connectivity index (χ1) is 7.13. The minimum absolute atomic E-state index is 0.450. The maximum atomic E-state index is 5.92. The second kappa shape index (κ2) is 3.86. The van der Waals surface area contributed by atoms with Crippen molar-refractivity contribution < 1.29 is 0 Å². The predicted molar refractivity (Wildman–Crippen MR) is 64.5 cm³/mol. The predicted octanol–water partition coefficient (Wildman–Crippen LogP) is 3.83. The molecule has 0 saturated carbocycles. The Hall–Kier alpha value is -1.02. The number of pyridine rings is 1. The smallest absolute Gasteiger partial charge is 0.131 e. The van der Waals surface area contributed by atoms with Crippen LogP contribution in [0.5, 0.6) is 0 Å². The van der Waals surface area contributed by atoms with Crippen molar-refractivity contribution in [2.45, 2.75) is 33.2 Å². The monoisotopic (exact) mass is 222 g/mol. The van der Waals surface area contributed by atoms with E-state index in [0.29, 0.717) is 11.2 Å². The summed E-state index contributed by atoms with van der Waals surface area (Å²) in [5, 5.41) is 1.78. The Morgan fingerprint density at radius 1 is 1.47 bits per heavy atom. The van der Waals surface area contributed by atoms with Crippen LogP contribution >= 0.6 is 11.6 Å². The summed E-state index contributed by atoms with van der Waals surface area (Å²) in [7, 11) is 0. The third-order valence-corrected chi connectivity index (χ3v) is 2.91. The second-order valence-electron chi connectivity index (χ2n) is 4.03. The van der Waals surface area contributed by atoms with Gasteiger partial charge in [-0.25, -0.2) is 4.98 Å². The van der Waals surface area contributed by atoms with Crippen LogP contribution in [0.1, 0.15) is 32.4 Å². The Bertz CT molecular complexity index is 486. The van der Waals surface area contributed by atoms with Crippen LogP contribution in [-0.2, 0) is 6.42 Å². The zero-order chi connectivity index (χ0) is 11.0. The van der Waals surface area contributed by atoms with Crippen molar-refractivity contribution in [2.24, 2.45) is 0 Å². The molecule has 15 heavy (non-hydrogen) atoms. The molecule has 0 bridgehead atoms. The molecule has 3 heteroatoms. The molecule has 0 amide bonds. The van der Waals surface area contributed by atoms with Crippen molar-refractivity contribution in [3.05, 3.63) is 29.2 Å². The van der Waals surface area contributed by atoms with E-state index in [1.54, 1.807) is 0 Å². The van der Waals surface area contributed by atoms with Gasteiger partial charge in [-0.15, -0.1) is 0 Å². The SMILES string of the molecule is CCc1cn(C(C)C)c2cc(Cl)ncc12. The summed E-state index contributed by atoms with van der Waals surface area (Å²) < 4.78 is 2.25. The van der Waals surface area contributed by atoms with Gasteiger partial charge in [0, 0.05) is 23.8 Å². The quantitative estimate of drug-likeness (QED) is 0.707. The fourth-order valence-corrected chi connectivity index (χ4v) is 2.05. The molecule has 0 saturated heterocycles. The van der Waals surface area contributed by atoms with Gasteiger partial charge in [0.15, 0.2) is 0 Å². The van der Waals surface area contributed by atoms with Crippen LogP contribution in [0.25, 0.3) is 10.9 Å². The van der Waals surface area contributed by atoms with E-state index in [2.05, 4.69) is 36.5 Å². The Morgan fingerprint density at radius 3 is 2.80 bits per heavy atom. The van der Waals surface area contributed by atoms with E-state index in [1.165, 1.54) is 16.5 Å². The number of aryl methyl sites for hydroxylation is 1. The lowest BCUT2D eigenvalue weighted by atomic mass is 10.2. The molecule has 2 rings (SSSR count). The molecular weight excluding hydrogens is 208 g/mol. The minimum atomic E-state index is 0.450. The normalized spacial score (nSPS) is 11.5. The molecule has 2 nitrogen and oxygen atoms in total. The standard InChI is InChI=1S/C12H15ClN2/c1-4-9-7-15(8(2)3)11-5-12(13)14-6-10(9)11/h5-8H,4H2,1-3H3. The molecule has 0 aliphatic heterocycles. The molecule has 0 N–H and O–H groups in total. The van der Waals surface area contributed by atoms with Gasteiger partial charge in [0.2, 0.25) is 0 Å². The van der Waals surface area contributed by atoms with Crippen LogP contribution in [0.2, 0.25) is 5.15 Å². The molecule has 2 heterocycles. The van der Waals surface area contributed by atoms with E-state index in [9.17, 15) is 0 Å². The Balaban J connectivity index is 2.76. The Morgan fingerprint density at radius 2 is 2.20 bits per heavy atom. The van der Waals surface area contributed by atoms with Gasteiger partial charge in [0.1, 0.15) is 5.15 Å². The molecule has 0 atom stereocenters. The fraction of sp³-hybridized carbons (Fsp3) is 0.417. The lowest BCUT2D eigenvalue weighted by Gasteiger charge is -2.08. The molecule has 0 aliphatic carbocycles. The van der Waals surface area contributed by atoms with Crippen LogP contribution in [0.4, 0.5) is 0 Å². The number of halogens is 1. The molecule has 0 aromatic carbocycles. The van der Waals surface area contributed by atoms with Crippen molar-refractivity contribution in [1.82, 2.24) is 9.55 Å². The van der Waals surface area contributed by atoms with Crippen LogP contribution in [-0.4, -0.2) is 9.55 Å². The summed E-state index contributed by atoms with van der Waals surface area (Å²) in [4.78, 5) is 4.14. The highest BCUT2D eigenvalue weighted by molar-refractivity contribution is 6.30. The average molecular weight is 223 g/mol. The fourth-order valence-electron chi connectivity index (χ4n) is 1.90. The summed E-state index contributed by atoms with van der Waals surface area (Å²) in [5.41, 5.74) is 2.52. The van der Waals surface area contributed by atoms with Crippen LogP contribution in [0, 0.1) is 0 Å². The van der Waals surface area contributed by atoms with Crippen LogP contribution in [0.15, 0.2) is 18.5 Å². The topological polar surface area (TPSA) is 17.8 Å². The third kappa shape index (κ3) is 1.74. The van der Waals surface area contributed by atoms with Gasteiger partial charge >= 0.3 is 0 Å². The molecule has 0 aliphatic rings. The van der Waals surface area contributed by atoms with Crippen molar-refractivity contribution in [3.63, 3.8) is 0 Å². The van der Waals surface area contributed by atoms with E-state index < -0.39 is 0 Å². The first kappa shape index (κ1) is 10.5. The van der Waals surface area contributed by atoms with Crippen LogP contribution < -0.4 is 0 Å². The summed E-state index contributed by atoms with van der Waals surface area (Å²) in [5.74, 6) is 0. The molecule has 0 radical (unpaired) electrons. The summed E-state index contributed by atoms with van der Waals surface area (Å²) in [6.07, 6.45) is 5.10. The number of hydrogen-bond donors (Lipinski definition) is 0. The number of hydrogen-bond acceptors (Lipinski definition) is 1. The second-order valence-corrected chi connectivity index (χ2v) is 4.42. The third-order valence-electron chi connectivity index (χ3n) is 2.71. The highest BCUT2D eigenvalue weighted by Gasteiger charge is 2.10. The Kier molecular flexibility index (Phi) is 2.70. The molecule has 80 valence electrons. The minimum Gasteiger partial charge on any atom is -0.345 e. The summed E-state index contributed by atoms with van der Waals surface area (Å²) >= 11 is 5.92. The first-order valence-corrected chi connectivity index (χ1v) is 5.66. The summed E-state index contributed by atoms with van der Waals surface area (Å²) in [6.45, 7) is 6.51. The lowest BCUT2D eigenvalue weighted by Crippen LogP contribution is -1.98. The van der Waals surface area contributed by atoms with E-state index in [0.717, 1.165) is 6.42 Å². The van der Waals surface area contributed by atoms with Crippen LogP contribution in [0.3, 0.4) is 0 Å². The van der Waals surface area contributed by atoms with Crippen molar-refractivity contribution in [2.75, 3.05) is 0 Å². The first-order valence-electron chi connectivity index (χ1n) is 5.28. The number of aromatic nitrogens is 2. The molecular formula is C12H15ClN2. The maximum absolute atomic E-state index is 5.92. The summed E-state index contributed by atoms with van der Waals surface area (Å²) in [6, 6.07) is 2.39. The van der Waals surface area contributed by atoms with Gasteiger partial charge in [-0.1, -0.05) is 18.5 Å². The maximum Gasteiger partial charge on any atom is 0.131 e. The van der Waals surface area contributed by atoms with Gasteiger partial charge in [-0.3, -0.25) is 0 Å². The molecule has 0 spiro atoms. The molecule has 0 unspecified atom stereocenters. The van der Waals surface area contributed by atoms with Gasteiger partial charge in [-0.2, -0.15) is 0 Å². The van der Waals surface area contributed by atoms with Gasteiger partial charge in [0.25, 0.3) is 0 Å². The van der Waals surface area contributed by atoms with Gasteiger partial charge in [-0.05, 0) is 31.9 Å². The van der Waals surface area contributed by atoms with Gasteiger partial charge in [0.05, 0.1) is 5.52 Å². The zero-order valence-corrected chi connectivity index (χ0v) is 10.0. The average Bonchev–Trinajstić information content (AvgIpc) is 2.55. The van der Waals surface area contributed by atoms with Crippen molar-refractivity contribution >= 4 is 22.5 Å². The van der Waals surface area contributed by atoms with Crippen molar-refractivity contribution in [1.29, 1.82) is 0 Å². The number of rotatable bonds is 2. The molecule has 2 aromatic rings. The highest BCUT2D eigenvalue weighted by Crippen LogP contribution is 2.26. The lowest BCUT2D eigenvalue weighted by molar-refractivity contribution is 0.621. The highest BCUT2D eigenvalue weighted by atomic mass is 35.5. The largest absolute Gasteiger partial charge is 0.345 e. The number of fused-ring (bicyclic) bond motifs is 1. The van der Waals surface area contributed by atoms with E-state index in [1.807, 2.05) is 12.3 Å². The van der Waals surface area contributed by atoms with Gasteiger partial charge < -0.3 is 4.57 Å². The van der Waals surface area contributed by atoms with E-state index in [-0.39, 0.29) is 0 Å². The number of nitrogens with zero attached hydrogens (tertiary/aromatic N) is 2. The molecule has 2 aromatic heterocycles.